The lowest BCUT2D eigenvalue weighted by atomic mass is 9.99. The van der Waals surface area contributed by atoms with Crippen LogP contribution in [0.5, 0.6) is 0 Å². The fourth-order valence-corrected chi connectivity index (χ4v) is 2.61. The lowest BCUT2D eigenvalue weighted by Gasteiger charge is -2.25. The Hall–Kier alpha value is -0.570. The number of carbonyl (C=O) groups is 1. The topological polar surface area (TPSA) is 41.1 Å². The molecule has 0 bridgehead atoms. The molecule has 3 heteroatoms. The van der Waals surface area contributed by atoms with Crippen molar-refractivity contribution in [2.75, 3.05) is 13.1 Å². The lowest BCUT2D eigenvalue weighted by molar-refractivity contribution is -0.128. The summed E-state index contributed by atoms with van der Waals surface area (Å²) < 4.78 is 0. The minimum absolute atomic E-state index is 0.0848. The Morgan fingerprint density at radius 2 is 1.86 bits per heavy atom. The van der Waals surface area contributed by atoms with E-state index < -0.39 is 0 Å². The summed E-state index contributed by atoms with van der Waals surface area (Å²) in [5.74, 6) is 1.39. The molecule has 1 amide bonds. The molecule has 1 aliphatic carbocycles. The van der Waals surface area contributed by atoms with Crippen LogP contribution >= 0.6 is 0 Å². The van der Waals surface area contributed by atoms with Crippen molar-refractivity contribution in [2.24, 2.45) is 17.3 Å². The number of carbonyl (C=O) groups excluding carboxylic acids is 1. The van der Waals surface area contributed by atoms with Gasteiger partial charge in [-0.05, 0) is 45.7 Å². The van der Waals surface area contributed by atoms with Crippen LogP contribution in [-0.4, -0.2) is 24.5 Å². The average molecular weight is 196 g/mol. The van der Waals surface area contributed by atoms with E-state index in [1.807, 2.05) is 20.8 Å². The fourth-order valence-electron chi connectivity index (χ4n) is 2.61. The van der Waals surface area contributed by atoms with Gasteiger partial charge in [0.25, 0.3) is 0 Å². The van der Waals surface area contributed by atoms with Crippen molar-refractivity contribution >= 4 is 5.91 Å². The second-order valence-electron chi connectivity index (χ2n) is 5.86. The molecule has 2 aliphatic rings. The SMILES string of the molecule is CC(C)(C)NC(=O)C1(C)C2CNC[C@H]21. The van der Waals surface area contributed by atoms with Crippen LogP contribution in [0.1, 0.15) is 27.7 Å². The summed E-state index contributed by atoms with van der Waals surface area (Å²) in [7, 11) is 0. The van der Waals surface area contributed by atoms with Gasteiger partial charge >= 0.3 is 0 Å². The van der Waals surface area contributed by atoms with E-state index in [4.69, 9.17) is 0 Å². The van der Waals surface area contributed by atoms with E-state index in [1.165, 1.54) is 0 Å². The Morgan fingerprint density at radius 1 is 1.36 bits per heavy atom. The van der Waals surface area contributed by atoms with Gasteiger partial charge in [-0.25, -0.2) is 0 Å². The first-order valence-electron chi connectivity index (χ1n) is 5.39. The van der Waals surface area contributed by atoms with Crippen molar-refractivity contribution in [3.63, 3.8) is 0 Å². The van der Waals surface area contributed by atoms with E-state index >= 15 is 0 Å². The zero-order chi connectivity index (χ0) is 10.6. The molecule has 2 rings (SSSR count). The number of amides is 1. The molecule has 14 heavy (non-hydrogen) atoms. The number of piperidine rings is 1. The van der Waals surface area contributed by atoms with Crippen molar-refractivity contribution in [3.05, 3.63) is 0 Å². The molecule has 0 aromatic heterocycles. The van der Waals surface area contributed by atoms with Crippen LogP contribution in [-0.2, 0) is 4.79 Å². The Balaban J connectivity index is 2.00. The minimum Gasteiger partial charge on any atom is -0.351 e. The quantitative estimate of drug-likeness (QED) is 0.650. The molecule has 1 saturated heterocycles. The molecule has 3 atom stereocenters. The van der Waals surface area contributed by atoms with E-state index in [1.54, 1.807) is 0 Å². The third kappa shape index (κ3) is 1.34. The van der Waals surface area contributed by atoms with Crippen molar-refractivity contribution in [2.45, 2.75) is 33.2 Å². The van der Waals surface area contributed by atoms with Crippen LogP contribution < -0.4 is 10.6 Å². The first-order chi connectivity index (χ1) is 6.36. The highest BCUT2D eigenvalue weighted by Gasteiger charge is 2.67. The molecule has 0 spiro atoms. The Morgan fingerprint density at radius 3 is 2.29 bits per heavy atom. The third-order valence-corrected chi connectivity index (χ3v) is 3.62. The van der Waals surface area contributed by atoms with Gasteiger partial charge in [0.15, 0.2) is 0 Å². The van der Waals surface area contributed by atoms with Crippen LogP contribution in [0.2, 0.25) is 0 Å². The zero-order valence-corrected chi connectivity index (χ0v) is 9.48. The highest BCUT2D eigenvalue weighted by Crippen LogP contribution is 2.60. The van der Waals surface area contributed by atoms with Crippen LogP contribution in [0.4, 0.5) is 0 Å². The smallest absolute Gasteiger partial charge is 0.227 e. The standard InChI is InChI=1S/C11H20N2O/c1-10(2,3)13-9(14)11(4)7-5-12-6-8(7)11/h7-8,12H,5-6H2,1-4H3,(H,13,14)/t7-,8?,11?/m1/s1. The van der Waals surface area contributed by atoms with Gasteiger partial charge in [-0.2, -0.15) is 0 Å². The first-order valence-corrected chi connectivity index (χ1v) is 5.39. The van der Waals surface area contributed by atoms with Crippen LogP contribution in [0.15, 0.2) is 0 Å². The van der Waals surface area contributed by atoms with E-state index in [0.717, 1.165) is 13.1 Å². The summed E-state index contributed by atoms with van der Waals surface area (Å²) in [6.45, 7) is 10.2. The average Bonchev–Trinajstić information content (AvgIpc) is 2.47. The Kier molecular flexibility index (Phi) is 1.94. The number of nitrogens with one attached hydrogen (secondary N) is 2. The molecular formula is C11H20N2O. The molecule has 2 unspecified atom stereocenters. The summed E-state index contributed by atoms with van der Waals surface area (Å²) in [4.78, 5) is 12.0. The summed E-state index contributed by atoms with van der Waals surface area (Å²) in [5.41, 5.74) is -0.192. The number of hydrogen-bond donors (Lipinski definition) is 2. The van der Waals surface area contributed by atoms with Gasteiger partial charge in [-0.1, -0.05) is 6.92 Å². The predicted molar refractivity (Wildman–Crippen MR) is 55.9 cm³/mol. The molecule has 80 valence electrons. The molecule has 1 aliphatic heterocycles. The molecule has 2 N–H and O–H groups in total. The summed E-state index contributed by atoms with van der Waals surface area (Å²) in [5, 5.41) is 6.40. The molecule has 0 aromatic carbocycles. The van der Waals surface area contributed by atoms with Gasteiger partial charge in [0, 0.05) is 5.54 Å². The summed E-state index contributed by atoms with van der Waals surface area (Å²) in [6, 6.07) is 0. The highest BCUT2D eigenvalue weighted by atomic mass is 16.2. The molecule has 3 nitrogen and oxygen atoms in total. The van der Waals surface area contributed by atoms with Crippen molar-refractivity contribution < 1.29 is 4.79 Å². The Labute approximate surface area is 85.6 Å². The molecular weight excluding hydrogens is 176 g/mol. The molecule has 2 fully saturated rings. The van der Waals surface area contributed by atoms with Gasteiger partial charge < -0.3 is 10.6 Å². The van der Waals surface area contributed by atoms with E-state index in [2.05, 4.69) is 17.6 Å². The first kappa shape index (κ1) is 9.97. The number of hydrogen-bond acceptors (Lipinski definition) is 2. The van der Waals surface area contributed by atoms with E-state index in [9.17, 15) is 4.79 Å². The maximum Gasteiger partial charge on any atom is 0.227 e. The maximum absolute atomic E-state index is 12.0. The monoisotopic (exact) mass is 196 g/mol. The second-order valence-corrected chi connectivity index (χ2v) is 5.86. The van der Waals surface area contributed by atoms with Crippen LogP contribution in [0, 0.1) is 17.3 Å². The van der Waals surface area contributed by atoms with Crippen molar-refractivity contribution in [1.82, 2.24) is 10.6 Å². The van der Waals surface area contributed by atoms with E-state index in [-0.39, 0.29) is 16.9 Å². The largest absolute Gasteiger partial charge is 0.351 e. The Bertz CT molecular complexity index is 257. The maximum atomic E-state index is 12.0. The highest BCUT2D eigenvalue weighted by molar-refractivity contribution is 5.87. The molecule has 1 saturated carbocycles. The van der Waals surface area contributed by atoms with Gasteiger partial charge in [-0.3, -0.25) is 4.79 Å². The number of fused-ring (bicyclic) bond motifs is 1. The fraction of sp³-hybridized carbons (Fsp3) is 0.909. The normalized spacial score (nSPS) is 40.6. The van der Waals surface area contributed by atoms with Crippen LogP contribution in [0.3, 0.4) is 0 Å². The zero-order valence-electron chi connectivity index (χ0n) is 9.48. The van der Waals surface area contributed by atoms with Crippen molar-refractivity contribution in [3.8, 4) is 0 Å². The lowest BCUT2D eigenvalue weighted by Crippen LogP contribution is -2.46. The predicted octanol–water partition coefficient (Wildman–Crippen LogP) is 0.757. The van der Waals surface area contributed by atoms with Crippen LogP contribution in [0.25, 0.3) is 0 Å². The van der Waals surface area contributed by atoms with E-state index in [0.29, 0.717) is 11.8 Å². The summed E-state index contributed by atoms with van der Waals surface area (Å²) in [6.07, 6.45) is 0. The van der Waals surface area contributed by atoms with Gasteiger partial charge in [-0.15, -0.1) is 0 Å². The minimum atomic E-state index is -0.107. The number of rotatable bonds is 1. The van der Waals surface area contributed by atoms with Gasteiger partial charge in [0.1, 0.15) is 0 Å². The molecule has 1 heterocycles. The molecule has 0 radical (unpaired) electrons. The van der Waals surface area contributed by atoms with Gasteiger partial charge in [0.2, 0.25) is 5.91 Å². The van der Waals surface area contributed by atoms with Gasteiger partial charge in [0.05, 0.1) is 5.41 Å². The third-order valence-electron chi connectivity index (χ3n) is 3.62. The second kappa shape index (κ2) is 2.72. The van der Waals surface area contributed by atoms with Crippen molar-refractivity contribution in [1.29, 1.82) is 0 Å². The summed E-state index contributed by atoms with van der Waals surface area (Å²) >= 11 is 0. The molecule has 0 aromatic rings.